The van der Waals surface area contributed by atoms with Gasteiger partial charge in [0.25, 0.3) is 0 Å². The minimum Gasteiger partial charge on any atom is -0.508 e. The van der Waals surface area contributed by atoms with E-state index in [1.165, 1.54) is 5.56 Å². The molecular weight excluding hydrogens is 438 g/mol. The average Bonchev–Trinajstić information content (AvgIpc) is 3.17. The van der Waals surface area contributed by atoms with Crippen molar-refractivity contribution in [3.8, 4) is 5.75 Å². The van der Waals surface area contributed by atoms with Crippen LogP contribution in [0.1, 0.15) is 94.5 Å². The number of aryl methyl sites for hydroxylation is 2. The van der Waals surface area contributed by atoms with E-state index in [1.54, 1.807) is 14.2 Å². The van der Waals surface area contributed by atoms with Gasteiger partial charge in [-0.05, 0) is 31.4 Å². The Bertz CT molecular complexity index is 935. The Labute approximate surface area is 212 Å². The number of anilines is 1. The number of aromatic hydroxyl groups is 1. The number of ether oxygens (including phenoxy) is 2. The lowest BCUT2D eigenvalue weighted by Gasteiger charge is -2.51. The first kappa shape index (κ1) is 27.5. The van der Waals surface area contributed by atoms with Crippen molar-refractivity contribution in [1.82, 2.24) is 9.78 Å². The van der Waals surface area contributed by atoms with Crippen molar-refractivity contribution in [3.63, 3.8) is 0 Å². The predicted molar refractivity (Wildman–Crippen MR) is 144 cm³/mol. The fourth-order valence-corrected chi connectivity index (χ4v) is 5.72. The Kier molecular flexibility index (Phi) is 8.92. The van der Waals surface area contributed by atoms with Gasteiger partial charge in [-0.15, -0.1) is 0 Å². The maximum atomic E-state index is 11.3. The van der Waals surface area contributed by atoms with Crippen molar-refractivity contribution in [3.05, 3.63) is 40.7 Å². The molecule has 1 aromatic carbocycles. The average molecular weight is 486 g/mol. The fraction of sp³-hybridized carbons (Fsp3) is 0.690. The van der Waals surface area contributed by atoms with Crippen LogP contribution in [0.4, 0.5) is 5.69 Å². The highest BCUT2D eigenvalue weighted by Gasteiger charge is 2.55. The molecule has 1 saturated carbocycles. The number of rotatable bonds is 11. The molecule has 3 rings (SSSR count). The Morgan fingerprint density at radius 1 is 1.00 bits per heavy atom. The molecule has 2 unspecified atom stereocenters. The Morgan fingerprint density at radius 3 is 2.03 bits per heavy atom. The summed E-state index contributed by atoms with van der Waals surface area (Å²) in [5.41, 5.74) is 5.30. The number of unbranched alkanes of at least 4 members (excludes halogenated alkanes) is 2. The summed E-state index contributed by atoms with van der Waals surface area (Å²) in [4.78, 5) is 2.42. The van der Waals surface area contributed by atoms with Crippen LogP contribution in [0.5, 0.6) is 5.75 Å². The first-order chi connectivity index (χ1) is 16.6. The second-order valence-electron chi connectivity index (χ2n) is 11.2. The summed E-state index contributed by atoms with van der Waals surface area (Å²) in [6, 6.07) is 4.18. The largest absolute Gasteiger partial charge is 0.508 e. The number of hydrogen-bond acceptors (Lipinski definition) is 5. The Balaban J connectivity index is 1.98. The fourth-order valence-electron chi connectivity index (χ4n) is 5.72. The molecule has 1 heterocycles. The number of methoxy groups -OCH3 is 2. The van der Waals surface area contributed by atoms with Gasteiger partial charge in [0.1, 0.15) is 5.75 Å². The maximum Gasteiger partial charge on any atom is 0.121 e. The molecule has 1 fully saturated rings. The van der Waals surface area contributed by atoms with Crippen LogP contribution >= 0.6 is 0 Å². The van der Waals surface area contributed by atoms with Crippen LogP contribution in [0.25, 0.3) is 0 Å². The molecule has 196 valence electrons. The predicted octanol–water partition coefficient (Wildman–Crippen LogP) is 6.05. The van der Waals surface area contributed by atoms with E-state index in [9.17, 15) is 5.11 Å². The summed E-state index contributed by atoms with van der Waals surface area (Å²) >= 11 is 0. The summed E-state index contributed by atoms with van der Waals surface area (Å²) in [5, 5.41) is 16.1. The van der Waals surface area contributed by atoms with Gasteiger partial charge in [0.2, 0.25) is 0 Å². The molecule has 6 heteroatoms. The summed E-state index contributed by atoms with van der Waals surface area (Å²) in [6.07, 6.45) is 6.52. The van der Waals surface area contributed by atoms with E-state index >= 15 is 0 Å². The van der Waals surface area contributed by atoms with Crippen molar-refractivity contribution >= 4 is 5.69 Å². The molecule has 2 aromatic rings. The highest BCUT2D eigenvalue weighted by atomic mass is 16.5. The molecule has 35 heavy (non-hydrogen) atoms. The number of phenolic OH excluding ortho intramolecular Hbond substituents is 1. The molecule has 0 amide bonds. The monoisotopic (exact) mass is 485 g/mol. The molecule has 0 spiro atoms. The minimum absolute atomic E-state index is 0.0446. The van der Waals surface area contributed by atoms with Gasteiger partial charge < -0.3 is 19.5 Å². The van der Waals surface area contributed by atoms with E-state index in [0.717, 1.165) is 61.3 Å². The molecule has 1 N–H and O–H groups in total. The van der Waals surface area contributed by atoms with Gasteiger partial charge in [0.15, 0.2) is 0 Å². The second kappa shape index (κ2) is 11.3. The van der Waals surface area contributed by atoms with Crippen molar-refractivity contribution in [2.75, 3.05) is 32.2 Å². The standard InChI is InChI=1S/C29H47N3O3/c1-10-12-14-32(15-13-11-2)20-16-19(3)23(22(33)17-20)25-26(34-8)24(27(25)35-9)21-18-31(7)30-28(21)29(4,5)6/h16-18,24-27,33H,10-15H2,1-9H3. The van der Waals surface area contributed by atoms with Crippen LogP contribution < -0.4 is 4.90 Å². The third kappa shape index (κ3) is 5.54. The molecule has 2 atom stereocenters. The first-order valence-electron chi connectivity index (χ1n) is 13.3. The normalized spacial score (nSPS) is 22.3. The molecule has 1 aliphatic rings. The molecule has 0 aliphatic heterocycles. The summed E-state index contributed by atoms with van der Waals surface area (Å²) in [5.74, 6) is 0.353. The van der Waals surface area contributed by atoms with E-state index < -0.39 is 0 Å². The van der Waals surface area contributed by atoms with Crippen LogP contribution in [0.3, 0.4) is 0 Å². The van der Waals surface area contributed by atoms with Gasteiger partial charge >= 0.3 is 0 Å². The van der Waals surface area contributed by atoms with Crippen molar-refractivity contribution in [1.29, 1.82) is 0 Å². The van der Waals surface area contributed by atoms with Gasteiger partial charge in [-0.25, -0.2) is 0 Å². The lowest BCUT2D eigenvalue weighted by Crippen LogP contribution is -2.54. The highest BCUT2D eigenvalue weighted by molar-refractivity contribution is 5.59. The first-order valence-corrected chi connectivity index (χ1v) is 13.3. The molecule has 0 radical (unpaired) electrons. The summed E-state index contributed by atoms with van der Waals surface area (Å²) < 4.78 is 14.1. The zero-order valence-corrected chi connectivity index (χ0v) is 23.4. The third-order valence-corrected chi connectivity index (χ3v) is 7.50. The van der Waals surface area contributed by atoms with Crippen molar-refractivity contribution in [2.45, 2.75) is 96.7 Å². The van der Waals surface area contributed by atoms with E-state index in [0.29, 0.717) is 5.75 Å². The van der Waals surface area contributed by atoms with Crippen LogP contribution in [0, 0.1) is 6.92 Å². The van der Waals surface area contributed by atoms with Crippen LogP contribution in [-0.2, 0) is 21.9 Å². The molecule has 6 nitrogen and oxygen atoms in total. The van der Waals surface area contributed by atoms with Gasteiger partial charge in [-0.2, -0.15) is 5.10 Å². The zero-order valence-electron chi connectivity index (χ0n) is 23.4. The summed E-state index contributed by atoms with van der Waals surface area (Å²) in [6.45, 7) is 15.1. The van der Waals surface area contributed by atoms with Crippen LogP contribution in [-0.4, -0.2) is 54.4 Å². The smallest absolute Gasteiger partial charge is 0.121 e. The van der Waals surface area contributed by atoms with Gasteiger partial charge in [0, 0.05) is 80.7 Å². The van der Waals surface area contributed by atoms with Gasteiger partial charge in [0.05, 0.1) is 17.9 Å². The third-order valence-electron chi connectivity index (χ3n) is 7.50. The molecule has 1 aromatic heterocycles. The number of phenols is 1. The van der Waals surface area contributed by atoms with Gasteiger partial charge in [-0.1, -0.05) is 47.5 Å². The van der Waals surface area contributed by atoms with Crippen molar-refractivity contribution in [2.24, 2.45) is 7.05 Å². The maximum absolute atomic E-state index is 11.3. The second-order valence-corrected chi connectivity index (χ2v) is 11.2. The van der Waals surface area contributed by atoms with E-state index in [4.69, 9.17) is 14.6 Å². The Hall–Kier alpha value is -2.05. The lowest BCUT2D eigenvalue weighted by molar-refractivity contribution is -0.116. The van der Waals surface area contributed by atoms with Gasteiger partial charge in [-0.3, -0.25) is 4.68 Å². The van der Waals surface area contributed by atoms with E-state index in [1.807, 2.05) is 17.8 Å². The minimum atomic E-state index is -0.100. The topological polar surface area (TPSA) is 59.8 Å². The highest BCUT2D eigenvalue weighted by Crippen LogP contribution is 2.55. The van der Waals surface area contributed by atoms with E-state index in [-0.39, 0.29) is 29.5 Å². The van der Waals surface area contributed by atoms with E-state index in [2.05, 4.69) is 58.7 Å². The number of aromatic nitrogens is 2. The number of benzene rings is 1. The Morgan fingerprint density at radius 2 is 1.57 bits per heavy atom. The molecule has 0 saturated heterocycles. The van der Waals surface area contributed by atoms with Crippen LogP contribution in [0.15, 0.2) is 18.3 Å². The number of nitrogens with zero attached hydrogens (tertiary/aromatic N) is 3. The van der Waals surface area contributed by atoms with Crippen molar-refractivity contribution < 1.29 is 14.6 Å². The quantitative estimate of drug-likeness (QED) is 0.420. The molecule has 1 aliphatic carbocycles. The SMILES string of the molecule is CCCCN(CCCC)c1cc(C)c(C2C(OC)C(c3cn(C)nc3C(C)(C)C)C2OC)c(O)c1. The number of hydrogen-bond donors (Lipinski definition) is 1. The lowest BCUT2D eigenvalue weighted by atomic mass is 9.61. The molecule has 0 bridgehead atoms. The summed E-state index contributed by atoms with van der Waals surface area (Å²) in [7, 11) is 5.50. The molecular formula is C29H47N3O3. The zero-order chi connectivity index (χ0) is 25.9. The van der Waals surface area contributed by atoms with Crippen LogP contribution in [0.2, 0.25) is 0 Å².